The third-order valence-electron chi connectivity index (χ3n) is 3.25. The molecular weight excluding hydrogens is 228 g/mol. The van der Waals surface area contributed by atoms with Crippen molar-refractivity contribution in [1.29, 1.82) is 0 Å². The van der Waals surface area contributed by atoms with Gasteiger partial charge in [0.1, 0.15) is 5.75 Å². The zero-order chi connectivity index (χ0) is 13.7. The van der Waals surface area contributed by atoms with E-state index in [9.17, 15) is 9.90 Å². The molecule has 100 valence electrons. The summed E-state index contributed by atoms with van der Waals surface area (Å²) in [6.07, 6.45) is 0.882. The predicted molar refractivity (Wildman–Crippen MR) is 72.0 cm³/mol. The monoisotopic (exact) mass is 250 g/mol. The summed E-state index contributed by atoms with van der Waals surface area (Å²) in [6.45, 7) is 4.45. The van der Waals surface area contributed by atoms with Crippen molar-refractivity contribution in [3.05, 3.63) is 29.8 Å². The van der Waals surface area contributed by atoms with Crippen LogP contribution in [0.15, 0.2) is 24.3 Å². The summed E-state index contributed by atoms with van der Waals surface area (Å²) in [5, 5.41) is 9.37. The Bertz CT molecular complexity index is 407. The van der Waals surface area contributed by atoms with Crippen molar-refractivity contribution in [2.75, 3.05) is 7.05 Å². The van der Waals surface area contributed by atoms with E-state index in [1.807, 2.05) is 19.9 Å². The minimum absolute atomic E-state index is 0.0623. The van der Waals surface area contributed by atoms with Crippen LogP contribution in [0.1, 0.15) is 25.8 Å². The largest absolute Gasteiger partial charge is 0.508 e. The maximum absolute atomic E-state index is 12.1. The maximum atomic E-state index is 12.1. The lowest BCUT2D eigenvalue weighted by molar-refractivity contribution is -0.132. The predicted octanol–water partition coefficient (Wildman–Crippen LogP) is 1.72. The van der Waals surface area contributed by atoms with E-state index in [2.05, 4.69) is 0 Å². The lowest BCUT2D eigenvalue weighted by Crippen LogP contribution is -2.45. The number of carbonyl (C=O) groups excluding carboxylic acids is 1. The smallest absolute Gasteiger partial charge is 0.239 e. The number of phenols is 1. The molecule has 1 amide bonds. The van der Waals surface area contributed by atoms with Gasteiger partial charge in [-0.1, -0.05) is 32.4 Å². The number of phenolic OH excluding ortho intramolecular Hbond substituents is 1. The Labute approximate surface area is 108 Å². The van der Waals surface area contributed by atoms with Crippen molar-refractivity contribution in [2.24, 2.45) is 11.7 Å². The van der Waals surface area contributed by atoms with Gasteiger partial charge in [-0.05, 0) is 23.6 Å². The molecule has 2 atom stereocenters. The summed E-state index contributed by atoms with van der Waals surface area (Å²) in [4.78, 5) is 13.7. The van der Waals surface area contributed by atoms with Crippen LogP contribution in [0.25, 0.3) is 0 Å². The number of benzene rings is 1. The molecule has 0 radical (unpaired) electrons. The van der Waals surface area contributed by atoms with Gasteiger partial charge < -0.3 is 15.7 Å². The highest BCUT2D eigenvalue weighted by Gasteiger charge is 2.22. The Kier molecular flexibility index (Phi) is 5.16. The number of hydrogen-bond donors (Lipinski definition) is 2. The highest BCUT2D eigenvalue weighted by molar-refractivity contribution is 5.81. The van der Waals surface area contributed by atoms with Gasteiger partial charge in [0.05, 0.1) is 6.04 Å². The first-order chi connectivity index (χ1) is 8.45. The van der Waals surface area contributed by atoms with E-state index in [-0.39, 0.29) is 17.6 Å². The first-order valence-corrected chi connectivity index (χ1v) is 6.24. The first kappa shape index (κ1) is 14.5. The van der Waals surface area contributed by atoms with Crippen LogP contribution in [0.2, 0.25) is 0 Å². The zero-order valence-electron chi connectivity index (χ0n) is 11.3. The highest BCUT2D eigenvalue weighted by Crippen LogP contribution is 2.14. The van der Waals surface area contributed by atoms with Crippen LogP contribution in [0, 0.1) is 5.92 Å². The van der Waals surface area contributed by atoms with Crippen molar-refractivity contribution in [2.45, 2.75) is 32.9 Å². The van der Waals surface area contributed by atoms with E-state index in [0.717, 1.165) is 12.0 Å². The Morgan fingerprint density at radius 2 is 2.17 bits per heavy atom. The molecule has 1 aromatic rings. The van der Waals surface area contributed by atoms with Gasteiger partial charge in [0.25, 0.3) is 0 Å². The summed E-state index contributed by atoms with van der Waals surface area (Å²) in [6, 6.07) is 6.43. The fraction of sp³-hybridized carbons (Fsp3) is 0.500. The van der Waals surface area contributed by atoms with Crippen LogP contribution in [0.4, 0.5) is 0 Å². The molecule has 18 heavy (non-hydrogen) atoms. The molecule has 0 spiro atoms. The average molecular weight is 250 g/mol. The highest BCUT2D eigenvalue weighted by atomic mass is 16.3. The van der Waals surface area contributed by atoms with Crippen molar-refractivity contribution >= 4 is 5.91 Å². The van der Waals surface area contributed by atoms with E-state index in [1.165, 1.54) is 0 Å². The number of hydrogen-bond acceptors (Lipinski definition) is 3. The van der Waals surface area contributed by atoms with Crippen LogP contribution >= 0.6 is 0 Å². The summed E-state index contributed by atoms with van der Waals surface area (Å²) >= 11 is 0. The second kappa shape index (κ2) is 6.40. The minimum Gasteiger partial charge on any atom is -0.508 e. The van der Waals surface area contributed by atoms with Gasteiger partial charge in [-0.25, -0.2) is 0 Å². The van der Waals surface area contributed by atoms with Crippen LogP contribution in [0.5, 0.6) is 5.75 Å². The van der Waals surface area contributed by atoms with Crippen LogP contribution in [-0.4, -0.2) is 29.0 Å². The van der Waals surface area contributed by atoms with Gasteiger partial charge in [-0.2, -0.15) is 0 Å². The molecule has 0 aliphatic rings. The van der Waals surface area contributed by atoms with E-state index >= 15 is 0 Å². The molecule has 1 rings (SSSR count). The van der Waals surface area contributed by atoms with Gasteiger partial charge in [0.2, 0.25) is 5.91 Å². The van der Waals surface area contributed by atoms with Crippen LogP contribution < -0.4 is 5.73 Å². The molecule has 4 heteroatoms. The van der Waals surface area contributed by atoms with E-state index in [4.69, 9.17) is 5.73 Å². The quantitative estimate of drug-likeness (QED) is 0.836. The molecular formula is C14H22N2O2. The number of likely N-dealkylation sites (N-methyl/N-ethyl adjacent to an activating group) is 1. The Balaban J connectivity index is 2.65. The molecule has 1 aromatic carbocycles. The van der Waals surface area contributed by atoms with Gasteiger partial charge in [-0.3, -0.25) is 4.79 Å². The lowest BCUT2D eigenvalue weighted by Gasteiger charge is -2.24. The van der Waals surface area contributed by atoms with Crippen LogP contribution in [-0.2, 0) is 11.3 Å². The van der Waals surface area contributed by atoms with Gasteiger partial charge in [0, 0.05) is 13.6 Å². The van der Waals surface area contributed by atoms with Crippen molar-refractivity contribution in [3.8, 4) is 5.75 Å². The number of rotatable bonds is 5. The number of carbonyl (C=O) groups is 1. The Morgan fingerprint density at radius 3 is 2.72 bits per heavy atom. The molecule has 0 aliphatic carbocycles. The molecule has 3 N–H and O–H groups in total. The molecule has 0 fully saturated rings. The second-order valence-electron chi connectivity index (χ2n) is 4.78. The van der Waals surface area contributed by atoms with Crippen LogP contribution in [0.3, 0.4) is 0 Å². The Morgan fingerprint density at radius 1 is 1.50 bits per heavy atom. The second-order valence-corrected chi connectivity index (χ2v) is 4.78. The SMILES string of the molecule is CC[C@H](C)[C@H](N)C(=O)N(C)Cc1cccc(O)c1. The van der Waals surface area contributed by atoms with E-state index in [0.29, 0.717) is 6.54 Å². The maximum Gasteiger partial charge on any atom is 0.239 e. The molecule has 0 aliphatic heterocycles. The van der Waals surface area contributed by atoms with Gasteiger partial charge in [0.15, 0.2) is 0 Å². The third kappa shape index (κ3) is 3.74. The van der Waals surface area contributed by atoms with Crippen molar-refractivity contribution in [1.82, 2.24) is 4.90 Å². The number of amides is 1. The molecule has 4 nitrogen and oxygen atoms in total. The fourth-order valence-electron chi connectivity index (χ4n) is 1.76. The summed E-state index contributed by atoms with van der Waals surface area (Å²) < 4.78 is 0. The van der Waals surface area contributed by atoms with Gasteiger partial charge in [-0.15, -0.1) is 0 Å². The van der Waals surface area contributed by atoms with Crippen molar-refractivity contribution in [3.63, 3.8) is 0 Å². The topological polar surface area (TPSA) is 66.6 Å². The zero-order valence-corrected chi connectivity index (χ0v) is 11.3. The molecule has 0 heterocycles. The van der Waals surface area contributed by atoms with E-state index < -0.39 is 6.04 Å². The van der Waals surface area contributed by atoms with Gasteiger partial charge >= 0.3 is 0 Å². The number of nitrogens with two attached hydrogens (primary N) is 1. The Hall–Kier alpha value is -1.55. The average Bonchev–Trinajstić information content (AvgIpc) is 2.36. The molecule has 0 saturated heterocycles. The summed E-state index contributed by atoms with van der Waals surface area (Å²) in [5.74, 6) is 0.316. The summed E-state index contributed by atoms with van der Waals surface area (Å²) in [7, 11) is 1.73. The lowest BCUT2D eigenvalue weighted by atomic mass is 9.99. The number of aromatic hydroxyl groups is 1. The summed E-state index contributed by atoms with van der Waals surface area (Å²) in [5.41, 5.74) is 6.81. The third-order valence-corrected chi connectivity index (χ3v) is 3.25. The molecule has 0 unspecified atom stereocenters. The molecule has 0 bridgehead atoms. The van der Waals surface area contributed by atoms with Crippen molar-refractivity contribution < 1.29 is 9.90 Å². The molecule has 0 aromatic heterocycles. The first-order valence-electron chi connectivity index (χ1n) is 6.24. The minimum atomic E-state index is -0.461. The molecule has 0 saturated carbocycles. The number of nitrogens with zero attached hydrogens (tertiary/aromatic N) is 1. The fourth-order valence-corrected chi connectivity index (χ4v) is 1.76. The normalized spacial score (nSPS) is 14.0. The standard InChI is InChI=1S/C14H22N2O2/c1-4-10(2)13(15)14(18)16(3)9-11-6-5-7-12(17)8-11/h5-8,10,13,17H,4,9,15H2,1-3H3/t10-,13-/m0/s1. The van der Waals surface area contributed by atoms with E-state index in [1.54, 1.807) is 30.1 Å².